The van der Waals surface area contributed by atoms with E-state index in [9.17, 15) is 0 Å². The smallest absolute Gasteiger partial charge is 0.0534 e. The Balaban J connectivity index is 1.71. The average molecular weight is 361 g/mol. The first-order valence-electron chi connectivity index (χ1n) is 9.79. The van der Waals surface area contributed by atoms with E-state index in [1.165, 1.54) is 54.8 Å². The Morgan fingerprint density at radius 2 is 1.39 bits per heavy atom. The largest absolute Gasteiger partial charge is 0.317 e. The summed E-state index contributed by atoms with van der Waals surface area (Å²) in [7, 11) is 0. The fourth-order valence-corrected chi connectivity index (χ4v) is 4.59. The van der Waals surface area contributed by atoms with E-state index in [0.29, 0.717) is 0 Å². The second-order valence-electron chi connectivity index (χ2n) is 7.63. The molecule has 0 saturated carbocycles. The van der Waals surface area contributed by atoms with Crippen LogP contribution in [-0.4, -0.2) is 4.57 Å². The quantitative estimate of drug-likeness (QED) is 0.319. The van der Waals surface area contributed by atoms with E-state index in [1.807, 2.05) is 6.20 Å². The molecular formula is C27H23N. The number of aromatic nitrogens is 1. The normalized spacial score (nSPS) is 11.5. The summed E-state index contributed by atoms with van der Waals surface area (Å²) in [5.74, 6) is 0. The maximum absolute atomic E-state index is 4.01. The molecule has 0 fully saturated rings. The van der Waals surface area contributed by atoms with Gasteiger partial charge in [-0.05, 0) is 71.5 Å². The van der Waals surface area contributed by atoms with Crippen LogP contribution < -0.4 is 0 Å². The lowest BCUT2D eigenvalue weighted by Gasteiger charge is -2.13. The molecule has 0 unspecified atom stereocenters. The van der Waals surface area contributed by atoms with Gasteiger partial charge in [0.2, 0.25) is 0 Å². The Labute approximate surface area is 165 Å². The third-order valence-electron chi connectivity index (χ3n) is 5.92. The van der Waals surface area contributed by atoms with Gasteiger partial charge in [-0.3, -0.25) is 0 Å². The van der Waals surface area contributed by atoms with Gasteiger partial charge in [-0.2, -0.15) is 0 Å². The number of aryl methyl sites for hydroxylation is 2. The second kappa shape index (κ2) is 6.38. The molecule has 0 aliphatic carbocycles. The van der Waals surface area contributed by atoms with Gasteiger partial charge in [-0.15, -0.1) is 0 Å². The molecule has 1 aromatic heterocycles. The van der Waals surface area contributed by atoms with Crippen molar-refractivity contribution in [1.82, 2.24) is 4.57 Å². The predicted octanol–water partition coefficient (Wildman–Crippen LogP) is 7.26. The third-order valence-corrected chi connectivity index (χ3v) is 5.92. The Kier molecular flexibility index (Phi) is 3.84. The van der Waals surface area contributed by atoms with Crippen molar-refractivity contribution in [1.29, 1.82) is 0 Å². The van der Waals surface area contributed by atoms with Crippen LogP contribution in [0.1, 0.15) is 22.3 Å². The number of benzene rings is 4. The van der Waals surface area contributed by atoms with Crippen LogP contribution in [0.15, 0.2) is 79.4 Å². The summed E-state index contributed by atoms with van der Waals surface area (Å²) in [6, 6.07) is 26.5. The van der Waals surface area contributed by atoms with Crippen molar-refractivity contribution in [2.75, 3.05) is 0 Å². The third kappa shape index (κ3) is 2.47. The van der Waals surface area contributed by atoms with Gasteiger partial charge in [0.05, 0.1) is 11.0 Å². The van der Waals surface area contributed by atoms with E-state index >= 15 is 0 Å². The van der Waals surface area contributed by atoms with Crippen molar-refractivity contribution < 1.29 is 0 Å². The fourth-order valence-electron chi connectivity index (χ4n) is 4.59. The highest BCUT2D eigenvalue weighted by Gasteiger charge is 2.12. The minimum absolute atomic E-state index is 0.941. The molecule has 1 heteroatoms. The number of nitrogens with zero attached hydrogens (tertiary/aromatic N) is 1. The van der Waals surface area contributed by atoms with E-state index in [1.54, 1.807) is 0 Å². The molecule has 0 bridgehead atoms. The topological polar surface area (TPSA) is 4.93 Å². The second-order valence-corrected chi connectivity index (χ2v) is 7.63. The first-order chi connectivity index (χ1) is 13.7. The van der Waals surface area contributed by atoms with Crippen LogP contribution in [0.5, 0.6) is 0 Å². The molecule has 5 rings (SSSR count). The van der Waals surface area contributed by atoms with Crippen LogP contribution in [0.25, 0.3) is 38.8 Å². The molecule has 0 spiro atoms. The first-order valence-corrected chi connectivity index (χ1v) is 9.79. The van der Waals surface area contributed by atoms with Crippen LogP contribution in [-0.2, 0) is 6.42 Å². The number of hydrogen-bond acceptors (Lipinski definition) is 0. The monoisotopic (exact) mass is 361 g/mol. The SMILES string of the molecule is C=Cn1c2ccccc2c2cc(Cc3c(C)cc(C)c4ccccc34)ccc21. The number of fused-ring (bicyclic) bond motifs is 4. The molecule has 0 aliphatic rings. The summed E-state index contributed by atoms with van der Waals surface area (Å²) in [4.78, 5) is 0. The molecule has 0 radical (unpaired) electrons. The van der Waals surface area contributed by atoms with Crippen LogP contribution >= 0.6 is 0 Å². The highest BCUT2D eigenvalue weighted by atomic mass is 14.9. The molecular weight excluding hydrogens is 338 g/mol. The van der Waals surface area contributed by atoms with Gasteiger partial charge in [0, 0.05) is 17.0 Å². The summed E-state index contributed by atoms with van der Waals surface area (Å²) in [6.45, 7) is 8.45. The zero-order chi connectivity index (χ0) is 19.3. The summed E-state index contributed by atoms with van der Waals surface area (Å²) in [5, 5.41) is 5.30. The number of para-hydroxylation sites is 1. The van der Waals surface area contributed by atoms with Gasteiger partial charge in [-0.1, -0.05) is 61.2 Å². The zero-order valence-corrected chi connectivity index (χ0v) is 16.4. The summed E-state index contributed by atoms with van der Waals surface area (Å²) < 4.78 is 2.18. The molecule has 0 saturated heterocycles. The Hall–Kier alpha value is -3.32. The van der Waals surface area contributed by atoms with Crippen molar-refractivity contribution in [2.45, 2.75) is 20.3 Å². The lowest BCUT2D eigenvalue weighted by atomic mass is 9.91. The van der Waals surface area contributed by atoms with Crippen molar-refractivity contribution in [3.05, 3.63) is 102 Å². The van der Waals surface area contributed by atoms with Crippen LogP contribution in [0.3, 0.4) is 0 Å². The molecule has 5 aromatic rings. The standard InChI is InChI=1S/C27H23N/c1-4-28-26-12-8-7-11-23(26)25-17-20(13-14-27(25)28)16-24-19(3)15-18(2)21-9-5-6-10-22(21)24/h4-15,17H,1,16H2,2-3H3. The van der Waals surface area contributed by atoms with E-state index in [-0.39, 0.29) is 0 Å². The van der Waals surface area contributed by atoms with E-state index in [0.717, 1.165) is 6.42 Å². The molecule has 28 heavy (non-hydrogen) atoms. The molecule has 0 amide bonds. The van der Waals surface area contributed by atoms with Crippen molar-refractivity contribution in [3.63, 3.8) is 0 Å². The molecule has 4 aromatic carbocycles. The molecule has 1 nitrogen and oxygen atoms in total. The maximum Gasteiger partial charge on any atom is 0.0534 e. The molecule has 0 atom stereocenters. The van der Waals surface area contributed by atoms with Gasteiger partial charge in [0.1, 0.15) is 0 Å². The van der Waals surface area contributed by atoms with Crippen LogP contribution in [0.2, 0.25) is 0 Å². The van der Waals surface area contributed by atoms with Crippen molar-refractivity contribution >= 4 is 38.8 Å². The molecule has 0 aliphatic heterocycles. The predicted molar refractivity (Wildman–Crippen MR) is 122 cm³/mol. The minimum atomic E-state index is 0.941. The summed E-state index contributed by atoms with van der Waals surface area (Å²) in [6.07, 6.45) is 2.85. The highest BCUT2D eigenvalue weighted by Crippen LogP contribution is 2.32. The molecule has 0 N–H and O–H groups in total. The molecule has 136 valence electrons. The highest BCUT2D eigenvalue weighted by molar-refractivity contribution is 6.09. The van der Waals surface area contributed by atoms with Gasteiger partial charge in [0.25, 0.3) is 0 Å². The Morgan fingerprint density at radius 1 is 0.714 bits per heavy atom. The Bertz CT molecular complexity index is 1370. The lowest BCUT2D eigenvalue weighted by molar-refractivity contribution is 1.18. The van der Waals surface area contributed by atoms with Gasteiger partial charge in [-0.25, -0.2) is 0 Å². The van der Waals surface area contributed by atoms with Crippen molar-refractivity contribution in [3.8, 4) is 0 Å². The fraction of sp³-hybridized carbons (Fsp3) is 0.111. The summed E-state index contributed by atoms with van der Waals surface area (Å²) >= 11 is 0. The first kappa shape index (κ1) is 16.8. The number of hydrogen-bond donors (Lipinski definition) is 0. The van der Waals surface area contributed by atoms with E-state index in [4.69, 9.17) is 0 Å². The van der Waals surface area contributed by atoms with Gasteiger partial charge in [0.15, 0.2) is 0 Å². The zero-order valence-electron chi connectivity index (χ0n) is 16.4. The molecule has 1 heterocycles. The number of rotatable bonds is 3. The maximum atomic E-state index is 4.01. The average Bonchev–Trinajstić information content (AvgIpc) is 3.04. The lowest BCUT2D eigenvalue weighted by Crippen LogP contribution is -1.96. The van der Waals surface area contributed by atoms with Crippen molar-refractivity contribution in [2.24, 2.45) is 0 Å². The van der Waals surface area contributed by atoms with Crippen LogP contribution in [0, 0.1) is 13.8 Å². The van der Waals surface area contributed by atoms with E-state index < -0.39 is 0 Å². The van der Waals surface area contributed by atoms with E-state index in [2.05, 4.69) is 97.8 Å². The van der Waals surface area contributed by atoms with Gasteiger partial charge < -0.3 is 4.57 Å². The summed E-state index contributed by atoms with van der Waals surface area (Å²) in [5.41, 5.74) is 7.91. The van der Waals surface area contributed by atoms with Crippen LogP contribution in [0.4, 0.5) is 0 Å². The van der Waals surface area contributed by atoms with Gasteiger partial charge >= 0.3 is 0 Å². The Morgan fingerprint density at radius 3 is 2.18 bits per heavy atom. The minimum Gasteiger partial charge on any atom is -0.317 e.